The third-order valence-electron chi connectivity index (χ3n) is 4.26. The monoisotopic (exact) mass is 355 g/mol. The van der Waals surface area contributed by atoms with Crippen LogP contribution < -0.4 is 10.1 Å². The van der Waals surface area contributed by atoms with Crippen LogP contribution in [0.4, 0.5) is 10.5 Å². The Kier molecular flexibility index (Phi) is 6.71. The molecule has 1 saturated heterocycles. The molecule has 134 valence electrons. The van der Waals surface area contributed by atoms with E-state index in [0.29, 0.717) is 36.1 Å². The molecule has 1 aliphatic heterocycles. The fourth-order valence-electron chi connectivity index (χ4n) is 3.02. The highest BCUT2D eigenvalue weighted by atomic mass is 35.5. The number of ether oxygens (including phenoxy) is 1. The van der Waals surface area contributed by atoms with E-state index in [1.165, 1.54) is 0 Å². The Hall–Kier alpha value is -1.50. The molecule has 0 spiro atoms. The van der Waals surface area contributed by atoms with Gasteiger partial charge in [0.25, 0.3) is 0 Å². The van der Waals surface area contributed by atoms with Gasteiger partial charge < -0.3 is 20.1 Å². The van der Waals surface area contributed by atoms with E-state index >= 15 is 0 Å². The number of benzene rings is 1. The Morgan fingerprint density at radius 3 is 2.88 bits per heavy atom. The molecule has 0 bridgehead atoms. The van der Waals surface area contributed by atoms with Crippen molar-refractivity contribution in [2.24, 2.45) is 0 Å². The van der Waals surface area contributed by atoms with Crippen molar-refractivity contribution < 1.29 is 14.6 Å². The minimum atomic E-state index is -0.366. The van der Waals surface area contributed by atoms with Gasteiger partial charge in [0.05, 0.1) is 18.9 Å². The normalized spacial score (nSPS) is 19.9. The quantitative estimate of drug-likeness (QED) is 0.852. The fourth-order valence-corrected chi connectivity index (χ4v) is 3.19. The maximum Gasteiger partial charge on any atom is 0.322 e. The zero-order chi connectivity index (χ0) is 17.7. The van der Waals surface area contributed by atoms with Crippen molar-refractivity contribution in [1.82, 2.24) is 9.80 Å². The summed E-state index contributed by atoms with van der Waals surface area (Å²) in [5.74, 6) is 0.576. The van der Waals surface area contributed by atoms with Crippen molar-refractivity contribution >= 4 is 23.3 Å². The van der Waals surface area contributed by atoms with Gasteiger partial charge in [-0.2, -0.15) is 0 Å². The summed E-state index contributed by atoms with van der Waals surface area (Å²) in [4.78, 5) is 16.6. The summed E-state index contributed by atoms with van der Waals surface area (Å²) in [5.41, 5.74) is 0.564. The number of nitrogens with zero attached hydrogens (tertiary/aromatic N) is 2. The summed E-state index contributed by atoms with van der Waals surface area (Å²) in [6, 6.07) is 5.22. The molecule has 2 rings (SSSR count). The van der Waals surface area contributed by atoms with E-state index in [9.17, 15) is 9.90 Å². The lowest BCUT2D eigenvalue weighted by Gasteiger charge is -2.41. The molecule has 24 heavy (non-hydrogen) atoms. The van der Waals surface area contributed by atoms with Gasteiger partial charge in [0.15, 0.2) is 0 Å². The number of carbonyl (C=O) groups is 1. The van der Waals surface area contributed by atoms with Crippen molar-refractivity contribution in [2.45, 2.75) is 32.4 Å². The number of aliphatic hydroxyl groups excluding tert-OH is 1. The molecular weight excluding hydrogens is 330 g/mol. The second-order valence-electron chi connectivity index (χ2n) is 6.13. The standard InChI is InChI=1S/C17H26ClN3O3/c1-4-14-11-21(8-7-20(14)10-12(2)22)17(23)19-15-9-13(18)5-6-16(15)24-3/h5-6,9,12,14,22H,4,7-8,10-11H2,1-3H3,(H,19,23)/t12-,14-/m1/s1. The number of hydrogen-bond donors (Lipinski definition) is 2. The van der Waals surface area contributed by atoms with Gasteiger partial charge in [0, 0.05) is 37.2 Å². The number of halogens is 1. The fraction of sp³-hybridized carbons (Fsp3) is 0.588. The van der Waals surface area contributed by atoms with E-state index in [0.717, 1.165) is 13.0 Å². The summed E-state index contributed by atoms with van der Waals surface area (Å²) in [5, 5.41) is 13.0. The van der Waals surface area contributed by atoms with Gasteiger partial charge in [-0.1, -0.05) is 18.5 Å². The first-order chi connectivity index (χ1) is 11.4. The van der Waals surface area contributed by atoms with Crippen LogP contribution in [0.15, 0.2) is 18.2 Å². The maximum absolute atomic E-state index is 12.6. The van der Waals surface area contributed by atoms with Crippen molar-refractivity contribution in [2.75, 3.05) is 38.6 Å². The molecule has 1 aliphatic rings. The number of amides is 2. The minimum absolute atomic E-state index is 0.161. The van der Waals surface area contributed by atoms with Gasteiger partial charge in [0.1, 0.15) is 5.75 Å². The number of β-amino-alcohol motifs (C(OH)–C–C–N with tert-alkyl or cyclic N) is 1. The number of hydrogen-bond acceptors (Lipinski definition) is 4. The predicted octanol–water partition coefficient (Wildman–Crippen LogP) is 2.66. The van der Waals surface area contributed by atoms with Gasteiger partial charge in [-0.05, 0) is 31.5 Å². The highest BCUT2D eigenvalue weighted by molar-refractivity contribution is 6.31. The zero-order valence-electron chi connectivity index (χ0n) is 14.5. The lowest BCUT2D eigenvalue weighted by Crippen LogP contribution is -2.56. The number of aliphatic hydroxyl groups is 1. The predicted molar refractivity (Wildman–Crippen MR) is 95.9 cm³/mol. The molecule has 1 heterocycles. The number of urea groups is 1. The smallest absolute Gasteiger partial charge is 0.322 e. The summed E-state index contributed by atoms with van der Waals surface area (Å²) in [6.45, 7) is 6.54. The van der Waals surface area contributed by atoms with Crippen LogP contribution in [0.3, 0.4) is 0 Å². The molecule has 6 nitrogen and oxygen atoms in total. The van der Waals surface area contributed by atoms with Crippen LogP contribution >= 0.6 is 11.6 Å². The zero-order valence-corrected chi connectivity index (χ0v) is 15.2. The molecule has 7 heteroatoms. The lowest BCUT2D eigenvalue weighted by atomic mass is 10.1. The van der Waals surface area contributed by atoms with Crippen molar-refractivity contribution in [3.8, 4) is 5.75 Å². The SMILES string of the molecule is CC[C@@H]1CN(C(=O)Nc2cc(Cl)ccc2OC)CCN1C[C@@H](C)O. The van der Waals surface area contributed by atoms with E-state index in [2.05, 4.69) is 17.1 Å². The van der Waals surface area contributed by atoms with E-state index in [4.69, 9.17) is 16.3 Å². The molecule has 0 aromatic heterocycles. The number of nitrogens with one attached hydrogen (secondary N) is 1. The van der Waals surface area contributed by atoms with Crippen LogP contribution in [0.1, 0.15) is 20.3 Å². The Morgan fingerprint density at radius 1 is 1.50 bits per heavy atom. The molecular formula is C17H26ClN3O3. The van der Waals surface area contributed by atoms with Gasteiger partial charge in [0.2, 0.25) is 0 Å². The van der Waals surface area contributed by atoms with Crippen molar-refractivity contribution in [1.29, 1.82) is 0 Å². The Bertz CT molecular complexity index is 568. The molecule has 1 fully saturated rings. The van der Waals surface area contributed by atoms with E-state index in [-0.39, 0.29) is 18.2 Å². The lowest BCUT2D eigenvalue weighted by molar-refractivity contribution is 0.0506. The summed E-state index contributed by atoms with van der Waals surface area (Å²) in [7, 11) is 1.56. The molecule has 2 N–H and O–H groups in total. The molecule has 0 unspecified atom stereocenters. The van der Waals surface area contributed by atoms with Crippen LogP contribution in [-0.2, 0) is 0 Å². The Morgan fingerprint density at radius 2 is 2.25 bits per heavy atom. The molecule has 2 amide bonds. The number of carbonyl (C=O) groups excluding carboxylic acids is 1. The summed E-state index contributed by atoms with van der Waals surface area (Å²) < 4.78 is 5.26. The largest absolute Gasteiger partial charge is 0.495 e. The second kappa shape index (κ2) is 8.55. The van der Waals surface area contributed by atoms with Gasteiger partial charge in [-0.3, -0.25) is 4.90 Å². The minimum Gasteiger partial charge on any atom is -0.495 e. The van der Waals surface area contributed by atoms with Gasteiger partial charge in [-0.25, -0.2) is 4.79 Å². The summed E-state index contributed by atoms with van der Waals surface area (Å²) >= 11 is 6.01. The Balaban J connectivity index is 2.02. The molecule has 2 atom stereocenters. The molecule has 0 radical (unpaired) electrons. The first-order valence-corrected chi connectivity index (χ1v) is 8.64. The van der Waals surface area contributed by atoms with E-state index in [1.807, 2.05) is 0 Å². The molecule has 1 aromatic rings. The number of methoxy groups -OCH3 is 1. The van der Waals surface area contributed by atoms with E-state index in [1.54, 1.807) is 37.1 Å². The third kappa shape index (κ3) is 4.75. The van der Waals surface area contributed by atoms with Crippen LogP contribution in [0, 0.1) is 0 Å². The van der Waals surface area contributed by atoms with Crippen LogP contribution in [-0.4, -0.2) is 66.4 Å². The number of anilines is 1. The number of piperazine rings is 1. The van der Waals surface area contributed by atoms with Crippen LogP contribution in [0.2, 0.25) is 5.02 Å². The second-order valence-corrected chi connectivity index (χ2v) is 6.56. The average Bonchev–Trinajstić information content (AvgIpc) is 2.54. The molecule has 1 aromatic carbocycles. The first-order valence-electron chi connectivity index (χ1n) is 8.26. The highest BCUT2D eigenvalue weighted by Crippen LogP contribution is 2.28. The molecule has 0 aliphatic carbocycles. The van der Waals surface area contributed by atoms with Crippen molar-refractivity contribution in [3.05, 3.63) is 23.2 Å². The van der Waals surface area contributed by atoms with E-state index < -0.39 is 0 Å². The highest BCUT2D eigenvalue weighted by Gasteiger charge is 2.29. The van der Waals surface area contributed by atoms with Gasteiger partial charge in [-0.15, -0.1) is 0 Å². The topological polar surface area (TPSA) is 65.0 Å². The summed E-state index contributed by atoms with van der Waals surface area (Å²) in [6.07, 6.45) is 0.562. The van der Waals surface area contributed by atoms with Gasteiger partial charge >= 0.3 is 6.03 Å². The first kappa shape index (κ1) is 18.8. The van der Waals surface area contributed by atoms with Crippen LogP contribution in [0.5, 0.6) is 5.75 Å². The number of rotatable bonds is 5. The maximum atomic E-state index is 12.6. The van der Waals surface area contributed by atoms with Crippen molar-refractivity contribution in [3.63, 3.8) is 0 Å². The average molecular weight is 356 g/mol. The third-order valence-corrected chi connectivity index (χ3v) is 4.50. The Labute approximate surface area is 148 Å². The van der Waals surface area contributed by atoms with Crippen LogP contribution in [0.25, 0.3) is 0 Å². The molecule has 0 saturated carbocycles.